The fourth-order valence-electron chi connectivity index (χ4n) is 5.15. The molecule has 2 unspecified atom stereocenters. The topological polar surface area (TPSA) is 68.0 Å². The van der Waals surface area contributed by atoms with Crippen LogP contribution in [0.3, 0.4) is 0 Å². The van der Waals surface area contributed by atoms with Crippen molar-refractivity contribution in [2.24, 2.45) is 0 Å². The van der Waals surface area contributed by atoms with E-state index in [1.165, 1.54) is 23.8 Å². The molecule has 1 saturated heterocycles. The second-order valence-electron chi connectivity index (χ2n) is 9.09. The van der Waals surface area contributed by atoms with Gasteiger partial charge >= 0.3 is 0 Å². The third-order valence-corrected chi connectivity index (χ3v) is 7.13. The summed E-state index contributed by atoms with van der Waals surface area (Å²) >= 11 is 0. The highest BCUT2D eigenvalue weighted by Gasteiger charge is 2.32. The molecule has 6 heteroatoms. The van der Waals surface area contributed by atoms with E-state index in [9.17, 15) is 9.90 Å². The molecule has 0 spiro atoms. The smallest absolute Gasteiger partial charge is 0.231 e. The standard InChI is InChI=1S/C27H30N2O4/c1-4-28-15-18(21-14-19(32-3)8-10-23(21)28)13-25-26(31)20-9-11-24(30)22(27(20)33-25)16-29-12-6-5-7-17(29)2/h8-11,13-15,17,30H,4-7,12,16H2,1-3H3. The Kier molecular flexibility index (Phi) is 5.62. The number of aryl methyl sites for hydroxylation is 1. The number of carbonyl (C=O) groups excluding carboxylic acids is 1. The number of nitrogens with one attached hydrogen (secondary N) is 1. The predicted molar refractivity (Wildman–Crippen MR) is 126 cm³/mol. The van der Waals surface area contributed by atoms with E-state index in [1.807, 2.05) is 24.4 Å². The van der Waals surface area contributed by atoms with Crippen LogP contribution in [0.4, 0.5) is 0 Å². The molecule has 5 rings (SSSR count). The number of carbonyl (C=O) groups is 1. The lowest BCUT2D eigenvalue weighted by atomic mass is 10.0. The van der Waals surface area contributed by atoms with Gasteiger partial charge in [-0.3, -0.25) is 4.79 Å². The summed E-state index contributed by atoms with van der Waals surface area (Å²) in [6, 6.07) is 9.55. The lowest BCUT2D eigenvalue weighted by molar-refractivity contribution is -0.942. The number of allylic oxidation sites excluding steroid dienone is 1. The Labute approximate surface area is 194 Å². The maximum Gasteiger partial charge on any atom is 0.231 e. The predicted octanol–water partition coefficient (Wildman–Crippen LogP) is 3.32. The molecule has 172 valence electrons. The van der Waals surface area contributed by atoms with Gasteiger partial charge in [0, 0.05) is 34.8 Å². The molecule has 0 aliphatic carbocycles. The Morgan fingerprint density at radius 2 is 2.12 bits per heavy atom. The maximum atomic E-state index is 13.2. The number of nitrogens with zero attached hydrogens (tertiary/aromatic N) is 1. The second kappa shape index (κ2) is 8.60. The molecule has 2 atom stereocenters. The third-order valence-electron chi connectivity index (χ3n) is 7.13. The van der Waals surface area contributed by atoms with Gasteiger partial charge in [0.1, 0.15) is 18.0 Å². The first kappa shape index (κ1) is 21.6. The van der Waals surface area contributed by atoms with E-state index in [2.05, 4.69) is 18.4 Å². The number of methoxy groups -OCH3 is 1. The van der Waals surface area contributed by atoms with Crippen LogP contribution >= 0.6 is 0 Å². The number of aromatic nitrogens is 1. The lowest BCUT2D eigenvalue weighted by Crippen LogP contribution is -3.14. The summed E-state index contributed by atoms with van der Waals surface area (Å²) in [7, 11) is 1.64. The first-order valence-electron chi connectivity index (χ1n) is 11.8. The normalized spacial score (nSPS) is 21.4. The van der Waals surface area contributed by atoms with Crippen LogP contribution in [0.1, 0.15) is 54.6 Å². The number of piperidine rings is 1. The third kappa shape index (κ3) is 3.78. The van der Waals surface area contributed by atoms with E-state index in [4.69, 9.17) is 9.47 Å². The molecular weight excluding hydrogens is 416 g/mol. The number of benzene rings is 2. The minimum absolute atomic E-state index is 0.0552. The van der Waals surface area contributed by atoms with Gasteiger partial charge < -0.3 is 24.0 Å². The van der Waals surface area contributed by atoms with Gasteiger partial charge in [0.05, 0.1) is 25.3 Å². The zero-order valence-electron chi connectivity index (χ0n) is 19.4. The number of hydrogen-bond donors (Lipinski definition) is 1. The first-order valence-corrected chi connectivity index (χ1v) is 11.8. The number of Topliss-reactive ketones (excluding diaryl/α,β-unsaturated/α-hetero) is 1. The van der Waals surface area contributed by atoms with Gasteiger partial charge in [0.25, 0.3) is 0 Å². The molecule has 0 bridgehead atoms. The van der Waals surface area contributed by atoms with Gasteiger partial charge in [-0.15, -0.1) is 0 Å². The summed E-state index contributed by atoms with van der Waals surface area (Å²) in [5.41, 5.74) is 3.06. The molecule has 2 aromatic carbocycles. The second-order valence-corrected chi connectivity index (χ2v) is 9.09. The fraction of sp³-hybridized carbons (Fsp3) is 0.370. The average Bonchev–Trinajstić information content (AvgIpc) is 3.34. The summed E-state index contributed by atoms with van der Waals surface area (Å²) < 4.78 is 13.7. The van der Waals surface area contributed by atoms with Crippen molar-refractivity contribution in [1.82, 2.24) is 4.57 Å². The highest BCUT2D eigenvalue weighted by Crippen LogP contribution is 2.39. The minimum Gasteiger partial charge on any atom is -0.872 e. The van der Waals surface area contributed by atoms with Crippen molar-refractivity contribution in [3.8, 4) is 17.2 Å². The van der Waals surface area contributed by atoms with E-state index in [1.54, 1.807) is 19.3 Å². The molecule has 1 fully saturated rings. The Balaban J connectivity index is 1.53. The number of likely N-dealkylation sites (tertiary alicyclic amines) is 1. The van der Waals surface area contributed by atoms with Crippen LogP contribution in [0.5, 0.6) is 17.2 Å². The molecule has 0 radical (unpaired) electrons. The summed E-state index contributed by atoms with van der Waals surface area (Å²) in [4.78, 5) is 14.6. The fourth-order valence-corrected chi connectivity index (χ4v) is 5.15. The highest BCUT2D eigenvalue weighted by atomic mass is 16.5. The van der Waals surface area contributed by atoms with E-state index in [0.717, 1.165) is 41.7 Å². The number of rotatable bonds is 5. The van der Waals surface area contributed by atoms with Gasteiger partial charge in [-0.05, 0) is 63.5 Å². The lowest BCUT2D eigenvalue weighted by Gasteiger charge is -2.31. The van der Waals surface area contributed by atoms with Crippen molar-refractivity contribution in [3.05, 3.63) is 59.0 Å². The van der Waals surface area contributed by atoms with Crippen LogP contribution in [0.2, 0.25) is 0 Å². The van der Waals surface area contributed by atoms with Gasteiger partial charge in [0.15, 0.2) is 5.76 Å². The van der Waals surface area contributed by atoms with Crippen molar-refractivity contribution in [1.29, 1.82) is 0 Å². The summed E-state index contributed by atoms with van der Waals surface area (Å²) in [6.45, 7) is 6.76. The minimum atomic E-state index is -0.173. The zero-order valence-corrected chi connectivity index (χ0v) is 19.4. The Morgan fingerprint density at radius 1 is 1.27 bits per heavy atom. The number of hydrogen-bond acceptors (Lipinski definition) is 4. The molecule has 2 aliphatic heterocycles. The highest BCUT2D eigenvalue weighted by molar-refractivity contribution is 6.15. The Bertz CT molecular complexity index is 1260. The van der Waals surface area contributed by atoms with Crippen LogP contribution in [0.25, 0.3) is 17.0 Å². The largest absolute Gasteiger partial charge is 0.872 e. The van der Waals surface area contributed by atoms with Crippen molar-refractivity contribution < 1.29 is 24.3 Å². The number of quaternary nitrogens is 1. The Hall–Kier alpha value is -3.25. The van der Waals surface area contributed by atoms with Gasteiger partial charge in [0.2, 0.25) is 5.78 Å². The molecule has 33 heavy (non-hydrogen) atoms. The van der Waals surface area contributed by atoms with Crippen LogP contribution in [0, 0.1) is 0 Å². The quantitative estimate of drug-likeness (QED) is 0.611. The van der Waals surface area contributed by atoms with E-state index in [-0.39, 0.29) is 17.3 Å². The number of fused-ring (bicyclic) bond motifs is 2. The van der Waals surface area contributed by atoms with Crippen molar-refractivity contribution in [2.45, 2.75) is 52.2 Å². The van der Waals surface area contributed by atoms with E-state index < -0.39 is 0 Å². The van der Waals surface area contributed by atoms with Gasteiger partial charge in [-0.1, -0.05) is 11.8 Å². The monoisotopic (exact) mass is 446 g/mol. The van der Waals surface area contributed by atoms with Crippen LogP contribution in [-0.2, 0) is 13.1 Å². The average molecular weight is 447 g/mol. The van der Waals surface area contributed by atoms with Crippen LogP contribution in [-0.4, -0.2) is 30.0 Å². The number of ketones is 1. The summed E-state index contributed by atoms with van der Waals surface area (Å²) in [5, 5.41) is 13.8. The molecular formula is C27H30N2O4. The molecule has 3 heterocycles. The van der Waals surface area contributed by atoms with Crippen molar-refractivity contribution in [3.63, 3.8) is 0 Å². The van der Waals surface area contributed by atoms with Gasteiger partial charge in [-0.2, -0.15) is 0 Å². The van der Waals surface area contributed by atoms with Crippen molar-refractivity contribution in [2.75, 3.05) is 13.7 Å². The van der Waals surface area contributed by atoms with Crippen molar-refractivity contribution >= 4 is 22.8 Å². The number of ether oxygens (including phenoxy) is 2. The van der Waals surface area contributed by atoms with Gasteiger partial charge in [-0.25, -0.2) is 0 Å². The first-order chi connectivity index (χ1) is 16.0. The molecule has 0 saturated carbocycles. The van der Waals surface area contributed by atoms with E-state index >= 15 is 0 Å². The zero-order chi connectivity index (χ0) is 23.1. The summed E-state index contributed by atoms with van der Waals surface area (Å²) in [5.74, 6) is 1.24. The van der Waals surface area contributed by atoms with E-state index in [0.29, 0.717) is 29.5 Å². The van der Waals surface area contributed by atoms with Crippen LogP contribution < -0.4 is 19.5 Å². The molecule has 3 aromatic rings. The molecule has 1 aromatic heterocycles. The molecule has 2 aliphatic rings. The maximum absolute atomic E-state index is 13.2. The molecule has 0 amide bonds. The molecule has 6 nitrogen and oxygen atoms in total. The molecule has 1 N–H and O–H groups in total. The summed E-state index contributed by atoms with van der Waals surface area (Å²) in [6.07, 6.45) is 7.38. The van der Waals surface area contributed by atoms with Crippen LogP contribution in [0.15, 0.2) is 42.3 Å². The SMILES string of the molecule is CCn1cc(C=C2Oc3c(ccc([O-])c3C[NH+]3CCCCC3C)C2=O)c2cc(OC)ccc21. The Morgan fingerprint density at radius 3 is 2.88 bits per heavy atom.